The van der Waals surface area contributed by atoms with Gasteiger partial charge >= 0.3 is 6.18 Å². The molecule has 7 nitrogen and oxygen atoms in total. The van der Waals surface area contributed by atoms with Crippen LogP contribution in [0, 0.1) is 0 Å². The zero-order valence-corrected chi connectivity index (χ0v) is 15.9. The van der Waals surface area contributed by atoms with Gasteiger partial charge in [-0.1, -0.05) is 13.8 Å². The summed E-state index contributed by atoms with van der Waals surface area (Å²) in [5.41, 5.74) is -2.43. The highest BCUT2D eigenvalue weighted by Gasteiger charge is 2.57. The molecular formula is C15H19BrF3N5O2. The van der Waals surface area contributed by atoms with Crippen LogP contribution in [0.2, 0.25) is 0 Å². The van der Waals surface area contributed by atoms with Crippen LogP contribution in [-0.4, -0.2) is 43.5 Å². The summed E-state index contributed by atoms with van der Waals surface area (Å²) in [4.78, 5) is 15.8. The van der Waals surface area contributed by atoms with Crippen molar-refractivity contribution in [3.05, 3.63) is 34.1 Å². The predicted octanol–water partition coefficient (Wildman–Crippen LogP) is 2.60. The number of aryl methyl sites for hydroxylation is 1. The molecule has 0 aliphatic rings. The van der Waals surface area contributed by atoms with Gasteiger partial charge in [0.1, 0.15) is 5.82 Å². The second-order valence-electron chi connectivity index (χ2n) is 6.18. The number of amides is 1. The van der Waals surface area contributed by atoms with Crippen LogP contribution in [0.25, 0.3) is 0 Å². The molecule has 11 heteroatoms. The van der Waals surface area contributed by atoms with E-state index in [4.69, 9.17) is 0 Å². The van der Waals surface area contributed by atoms with Crippen LogP contribution in [0.5, 0.6) is 0 Å². The first kappa shape index (κ1) is 20.4. The molecule has 1 atom stereocenters. The number of alkyl halides is 3. The molecule has 2 aromatic heterocycles. The first-order valence-electron chi connectivity index (χ1n) is 7.78. The van der Waals surface area contributed by atoms with Crippen molar-refractivity contribution in [2.75, 3.05) is 6.54 Å². The molecule has 144 valence electrons. The Bertz CT molecular complexity index is 787. The lowest BCUT2D eigenvalue weighted by molar-refractivity contribution is -0.272. The first-order valence-corrected chi connectivity index (χ1v) is 8.57. The lowest BCUT2D eigenvalue weighted by Crippen LogP contribution is -2.46. The molecule has 1 unspecified atom stereocenters. The van der Waals surface area contributed by atoms with E-state index in [1.807, 2.05) is 13.8 Å². The Hall–Kier alpha value is -1.88. The zero-order valence-electron chi connectivity index (χ0n) is 14.4. The van der Waals surface area contributed by atoms with E-state index in [0.717, 1.165) is 4.57 Å². The molecule has 0 spiro atoms. The standard InChI is InChI=1S/C15H19BrF3N5O2/c1-8(2)10-9(16)11(23-22-10)12(25)20-5-4-14(26,15(17,18)19)13-21-6-7-24(13)3/h6-8,26H,4-5H2,1-3H3,(H,20,25)(H,22,23). The van der Waals surface area contributed by atoms with Crippen molar-refractivity contribution in [2.45, 2.75) is 38.0 Å². The fraction of sp³-hybridized carbons (Fsp3) is 0.533. The Labute approximate surface area is 156 Å². The maximum atomic E-state index is 13.4. The summed E-state index contributed by atoms with van der Waals surface area (Å²) in [5.74, 6) is -1.11. The lowest BCUT2D eigenvalue weighted by Gasteiger charge is -2.29. The smallest absolute Gasteiger partial charge is 0.374 e. The number of hydrogen-bond acceptors (Lipinski definition) is 4. The summed E-state index contributed by atoms with van der Waals surface area (Å²) in [6, 6.07) is 0. The Morgan fingerprint density at radius 3 is 2.58 bits per heavy atom. The van der Waals surface area contributed by atoms with Gasteiger partial charge in [-0.05, 0) is 21.8 Å². The van der Waals surface area contributed by atoms with Crippen LogP contribution in [0.15, 0.2) is 16.9 Å². The second-order valence-corrected chi connectivity index (χ2v) is 6.97. The molecule has 0 aliphatic carbocycles. The van der Waals surface area contributed by atoms with Crippen molar-refractivity contribution in [1.82, 2.24) is 25.1 Å². The SMILES string of the molecule is CC(C)c1[nH]nc(C(=O)NCCC(O)(c2nccn2C)C(F)(F)F)c1Br. The van der Waals surface area contributed by atoms with Crippen molar-refractivity contribution in [3.63, 3.8) is 0 Å². The second kappa shape index (κ2) is 7.39. The highest BCUT2D eigenvalue weighted by Crippen LogP contribution is 2.40. The van der Waals surface area contributed by atoms with Gasteiger partial charge in [0.2, 0.25) is 5.60 Å². The Kier molecular flexibility index (Phi) is 5.81. The molecule has 0 bridgehead atoms. The highest BCUT2D eigenvalue weighted by atomic mass is 79.9. The van der Waals surface area contributed by atoms with Gasteiger partial charge in [-0.25, -0.2) is 4.98 Å². The van der Waals surface area contributed by atoms with E-state index in [1.54, 1.807) is 0 Å². The molecule has 0 radical (unpaired) electrons. The molecule has 0 fully saturated rings. The number of carbonyl (C=O) groups is 1. The Balaban J connectivity index is 2.11. The maximum absolute atomic E-state index is 13.4. The van der Waals surface area contributed by atoms with Gasteiger partial charge in [-0.3, -0.25) is 9.89 Å². The minimum Gasteiger partial charge on any atom is -0.374 e. The molecular weight excluding hydrogens is 419 g/mol. The van der Waals surface area contributed by atoms with E-state index in [1.165, 1.54) is 19.4 Å². The minimum atomic E-state index is -4.95. The fourth-order valence-electron chi connectivity index (χ4n) is 2.46. The summed E-state index contributed by atoms with van der Waals surface area (Å²) in [7, 11) is 1.35. The van der Waals surface area contributed by atoms with Crippen molar-refractivity contribution >= 4 is 21.8 Å². The molecule has 3 N–H and O–H groups in total. The Morgan fingerprint density at radius 2 is 2.12 bits per heavy atom. The molecule has 26 heavy (non-hydrogen) atoms. The van der Waals surface area contributed by atoms with Gasteiger partial charge in [0.15, 0.2) is 5.69 Å². The number of carbonyl (C=O) groups excluding carboxylic acids is 1. The molecule has 0 saturated carbocycles. The largest absolute Gasteiger partial charge is 0.424 e. The van der Waals surface area contributed by atoms with Crippen molar-refractivity contribution in [1.29, 1.82) is 0 Å². The average Bonchev–Trinajstić information content (AvgIpc) is 3.11. The minimum absolute atomic E-state index is 0.0428. The normalized spacial score (nSPS) is 14.5. The number of aromatic amines is 1. The number of aromatic nitrogens is 4. The molecule has 2 heterocycles. The quantitative estimate of drug-likeness (QED) is 0.646. The summed E-state index contributed by atoms with van der Waals surface area (Å²) in [6.45, 7) is 3.38. The number of halogens is 4. The van der Waals surface area contributed by atoms with Gasteiger partial charge in [0.25, 0.3) is 5.91 Å². The monoisotopic (exact) mass is 437 g/mol. The summed E-state index contributed by atoms with van der Waals surface area (Å²) in [5, 5.41) is 19.2. The van der Waals surface area contributed by atoms with Gasteiger partial charge < -0.3 is 15.0 Å². The third kappa shape index (κ3) is 3.78. The third-order valence-electron chi connectivity index (χ3n) is 3.96. The zero-order chi connectivity index (χ0) is 19.7. The van der Waals surface area contributed by atoms with Crippen LogP contribution in [0.4, 0.5) is 13.2 Å². The van der Waals surface area contributed by atoms with Crippen molar-refractivity contribution in [2.24, 2.45) is 7.05 Å². The van der Waals surface area contributed by atoms with Crippen LogP contribution in [0.1, 0.15) is 48.2 Å². The van der Waals surface area contributed by atoms with Crippen LogP contribution >= 0.6 is 15.9 Å². The molecule has 0 aliphatic heterocycles. The molecule has 0 saturated heterocycles. The van der Waals surface area contributed by atoms with E-state index >= 15 is 0 Å². The number of nitrogens with zero attached hydrogens (tertiary/aromatic N) is 3. The highest BCUT2D eigenvalue weighted by molar-refractivity contribution is 9.10. The fourth-order valence-corrected chi connectivity index (χ4v) is 3.28. The van der Waals surface area contributed by atoms with Crippen molar-refractivity contribution < 1.29 is 23.1 Å². The van der Waals surface area contributed by atoms with Crippen molar-refractivity contribution in [3.8, 4) is 0 Å². The van der Waals surface area contributed by atoms with Crippen LogP contribution in [-0.2, 0) is 12.6 Å². The summed E-state index contributed by atoms with van der Waals surface area (Å²) >= 11 is 3.26. The number of imidazole rings is 1. The molecule has 2 aromatic rings. The first-order chi connectivity index (χ1) is 12.0. The number of H-pyrrole nitrogens is 1. The van der Waals surface area contributed by atoms with E-state index in [9.17, 15) is 23.1 Å². The van der Waals surface area contributed by atoms with E-state index in [-0.39, 0.29) is 11.6 Å². The number of nitrogens with one attached hydrogen (secondary N) is 2. The maximum Gasteiger partial charge on any atom is 0.424 e. The Morgan fingerprint density at radius 1 is 1.46 bits per heavy atom. The topological polar surface area (TPSA) is 95.8 Å². The molecule has 1 amide bonds. The van der Waals surface area contributed by atoms with Gasteiger partial charge in [0.05, 0.1) is 10.2 Å². The van der Waals surface area contributed by atoms with E-state index < -0.39 is 36.5 Å². The van der Waals surface area contributed by atoms with E-state index in [0.29, 0.717) is 10.2 Å². The van der Waals surface area contributed by atoms with Gasteiger partial charge in [-0.15, -0.1) is 0 Å². The van der Waals surface area contributed by atoms with Crippen LogP contribution in [0.3, 0.4) is 0 Å². The number of rotatable bonds is 6. The number of aliphatic hydroxyl groups is 1. The van der Waals surface area contributed by atoms with Gasteiger partial charge in [0, 0.05) is 32.4 Å². The summed E-state index contributed by atoms with van der Waals surface area (Å²) < 4.78 is 41.8. The van der Waals surface area contributed by atoms with Gasteiger partial charge in [-0.2, -0.15) is 18.3 Å². The van der Waals surface area contributed by atoms with E-state index in [2.05, 4.69) is 36.4 Å². The van der Waals surface area contributed by atoms with Crippen LogP contribution < -0.4 is 5.32 Å². The third-order valence-corrected chi connectivity index (χ3v) is 4.76. The molecule has 2 rings (SSSR count). The average molecular weight is 438 g/mol. The lowest BCUT2D eigenvalue weighted by atomic mass is 9.97. The summed E-state index contributed by atoms with van der Waals surface area (Å²) in [6.07, 6.45) is -3.27. The predicted molar refractivity (Wildman–Crippen MR) is 90.5 cm³/mol. The number of hydrogen-bond donors (Lipinski definition) is 3. The molecule has 0 aromatic carbocycles.